The number of ether oxygens (including phenoxy) is 1. The molecule has 240 valence electrons. The molecule has 0 amide bonds. The van der Waals surface area contributed by atoms with E-state index in [9.17, 15) is 0 Å². The molecule has 9 aromatic rings. The molecule has 3 aromatic heterocycles. The highest BCUT2D eigenvalue weighted by Crippen LogP contribution is 2.44. The third kappa shape index (κ3) is 4.50. The number of allylic oxidation sites excluding steroid dienone is 2. The second kappa shape index (κ2) is 11.1. The van der Waals surface area contributed by atoms with E-state index in [0.29, 0.717) is 17.5 Å². The number of thiophene rings is 1. The van der Waals surface area contributed by atoms with Crippen LogP contribution in [0.1, 0.15) is 11.5 Å². The molecule has 0 saturated carbocycles. The van der Waals surface area contributed by atoms with E-state index < -0.39 is 0 Å². The number of benzene rings is 6. The lowest BCUT2D eigenvalue weighted by Gasteiger charge is -2.13. The van der Waals surface area contributed by atoms with Crippen LogP contribution in [0.3, 0.4) is 0 Å². The highest BCUT2D eigenvalue weighted by atomic mass is 32.1. The molecule has 5 nitrogen and oxygen atoms in total. The summed E-state index contributed by atoms with van der Waals surface area (Å²) in [6.45, 7) is 0. The van der Waals surface area contributed by atoms with Gasteiger partial charge in [0.2, 0.25) is 0 Å². The molecule has 1 aliphatic carbocycles. The van der Waals surface area contributed by atoms with Crippen molar-refractivity contribution < 1.29 is 9.15 Å². The van der Waals surface area contributed by atoms with E-state index in [1.807, 2.05) is 53.8 Å². The van der Waals surface area contributed by atoms with Crippen LogP contribution in [0.15, 0.2) is 156 Å². The summed E-state index contributed by atoms with van der Waals surface area (Å²) in [5.41, 5.74) is 7.69. The summed E-state index contributed by atoms with van der Waals surface area (Å²) in [5, 5.41) is 4.64. The maximum atomic E-state index is 6.75. The van der Waals surface area contributed by atoms with Crippen LogP contribution >= 0.6 is 11.3 Å². The average molecular weight is 674 g/mol. The zero-order valence-corrected chi connectivity index (χ0v) is 28.0. The summed E-state index contributed by atoms with van der Waals surface area (Å²) in [5.74, 6) is 2.82. The molecular formula is C45H27N3O2S. The Kier molecular flexibility index (Phi) is 6.18. The number of fused-ring (bicyclic) bond motifs is 9. The molecule has 2 unspecified atom stereocenters. The molecule has 11 rings (SSSR count). The Morgan fingerprint density at radius 1 is 0.529 bits per heavy atom. The Labute approximate surface area is 296 Å². The van der Waals surface area contributed by atoms with Crippen LogP contribution in [0, 0.1) is 0 Å². The van der Waals surface area contributed by atoms with Gasteiger partial charge in [-0.05, 0) is 47.5 Å². The summed E-state index contributed by atoms with van der Waals surface area (Å²) in [7, 11) is 0. The lowest BCUT2D eigenvalue weighted by molar-refractivity contribution is 0.269. The molecule has 2 atom stereocenters. The summed E-state index contributed by atoms with van der Waals surface area (Å²) in [4.78, 5) is 15.1. The molecule has 1 aliphatic heterocycles. The quantitative estimate of drug-likeness (QED) is 0.186. The lowest BCUT2D eigenvalue weighted by atomic mass is 9.91. The molecule has 4 heterocycles. The Morgan fingerprint density at radius 2 is 1.27 bits per heavy atom. The molecule has 0 N–H and O–H groups in total. The first-order valence-corrected chi connectivity index (χ1v) is 17.9. The molecule has 51 heavy (non-hydrogen) atoms. The van der Waals surface area contributed by atoms with E-state index >= 15 is 0 Å². The number of hydrogen-bond donors (Lipinski definition) is 0. The van der Waals surface area contributed by atoms with Gasteiger partial charge in [0.15, 0.2) is 17.5 Å². The van der Waals surface area contributed by atoms with E-state index in [0.717, 1.165) is 49.9 Å². The van der Waals surface area contributed by atoms with Gasteiger partial charge < -0.3 is 9.15 Å². The monoisotopic (exact) mass is 673 g/mol. The summed E-state index contributed by atoms with van der Waals surface area (Å²) in [6, 6.07) is 44.3. The number of para-hydroxylation sites is 1. The summed E-state index contributed by atoms with van der Waals surface area (Å²) in [6.07, 6.45) is 8.46. The zero-order valence-electron chi connectivity index (χ0n) is 27.2. The van der Waals surface area contributed by atoms with Crippen molar-refractivity contribution in [2.24, 2.45) is 0 Å². The maximum Gasteiger partial charge on any atom is 0.167 e. The number of aromatic nitrogens is 3. The third-order valence-corrected chi connectivity index (χ3v) is 11.3. The minimum Gasteiger partial charge on any atom is -0.485 e. The first-order valence-electron chi connectivity index (χ1n) is 17.1. The van der Waals surface area contributed by atoms with Crippen molar-refractivity contribution in [2.75, 3.05) is 0 Å². The minimum absolute atomic E-state index is 0.0121. The van der Waals surface area contributed by atoms with E-state index in [1.54, 1.807) is 0 Å². The Hall–Kier alpha value is -6.37. The van der Waals surface area contributed by atoms with Gasteiger partial charge >= 0.3 is 0 Å². The number of nitrogens with zero attached hydrogens (tertiary/aromatic N) is 3. The molecule has 6 aromatic carbocycles. The molecule has 6 heteroatoms. The van der Waals surface area contributed by atoms with Crippen LogP contribution < -0.4 is 4.74 Å². The summed E-state index contributed by atoms with van der Waals surface area (Å²) >= 11 is 1.84. The molecule has 0 bridgehead atoms. The van der Waals surface area contributed by atoms with Crippen molar-refractivity contribution in [1.82, 2.24) is 15.0 Å². The fourth-order valence-corrected chi connectivity index (χ4v) is 8.87. The van der Waals surface area contributed by atoms with Crippen molar-refractivity contribution in [2.45, 2.75) is 12.0 Å². The largest absolute Gasteiger partial charge is 0.485 e. The molecule has 0 spiro atoms. The molecular weight excluding hydrogens is 647 g/mol. The molecule has 0 radical (unpaired) electrons. The SMILES string of the molecule is C1=CC2Oc3cc(-c4nc(-c5ccccc5)nc(-c5cccc6c5oc5cc(-c7cccc8c7sc7ccccc78)ccc56)n4)ccc3C2C=C1. The van der Waals surface area contributed by atoms with E-state index in [1.165, 1.54) is 31.3 Å². The first kappa shape index (κ1) is 28.5. The standard InChI is InChI=1S/C45H27N3O2S/c1-2-10-26(11-3-1)43-46-44(28-21-23-31-30-12-4-6-18-37(30)49-38(31)25-28)48-45(47-43)36-17-9-15-34-32-22-20-27(24-39(32)50-41(34)36)29-14-8-16-35-33-13-5-7-19-40(33)51-42(29)35/h1-25,30,37H. The third-order valence-electron chi connectivity index (χ3n) is 10.1. The van der Waals surface area contributed by atoms with E-state index in [2.05, 4.69) is 109 Å². The second-order valence-corrected chi connectivity index (χ2v) is 14.1. The van der Waals surface area contributed by atoms with E-state index in [4.69, 9.17) is 24.1 Å². The van der Waals surface area contributed by atoms with Crippen LogP contribution in [-0.2, 0) is 0 Å². The first-order chi connectivity index (χ1) is 25.2. The van der Waals surface area contributed by atoms with Gasteiger partial charge in [0.05, 0.1) is 5.56 Å². The topological polar surface area (TPSA) is 61.0 Å². The second-order valence-electron chi connectivity index (χ2n) is 13.1. The Morgan fingerprint density at radius 3 is 2.20 bits per heavy atom. The van der Waals surface area contributed by atoms with Gasteiger partial charge in [0, 0.05) is 53.6 Å². The van der Waals surface area contributed by atoms with Crippen LogP contribution in [0.25, 0.3) is 87.4 Å². The maximum absolute atomic E-state index is 6.75. The van der Waals surface area contributed by atoms with Crippen molar-refractivity contribution >= 4 is 53.4 Å². The van der Waals surface area contributed by atoms with Crippen molar-refractivity contribution in [3.63, 3.8) is 0 Å². The highest BCUT2D eigenvalue weighted by Gasteiger charge is 2.32. The van der Waals surface area contributed by atoms with Gasteiger partial charge in [-0.2, -0.15) is 0 Å². The molecule has 0 fully saturated rings. The smallest absolute Gasteiger partial charge is 0.167 e. The van der Waals surface area contributed by atoms with Gasteiger partial charge in [0.1, 0.15) is 23.0 Å². The molecule has 2 aliphatic rings. The normalized spacial score (nSPS) is 16.2. The number of hydrogen-bond acceptors (Lipinski definition) is 6. The summed E-state index contributed by atoms with van der Waals surface area (Å²) < 4.78 is 15.7. The predicted octanol–water partition coefficient (Wildman–Crippen LogP) is 11.8. The molecule has 0 saturated heterocycles. The van der Waals surface area contributed by atoms with E-state index in [-0.39, 0.29) is 12.0 Å². The van der Waals surface area contributed by atoms with Gasteiger partial charge in [-0.1, -0.05) is 115 Å². The van der Waals surface area contributed by atoms with Gasteiger partial charge in [-0.3, -0.25) is 0 Å². The fraction of sp³-hybridized carbons (Fsp3) is 0.0444. The predicted molar refractivity (Wildman–Crippen MR) is 207 cm³/mol. The number of furan rings is 1. The van der Waals surface area contributed by atoms with Crippen molar-refractivity contribution in [3.05, 3.63) is 157 Å². The fourth-order valence-electron chi connectivity index (χ4n) is 7.64. The van der Waals surface area contributed by atoms with Crippen molar-refractivity contribution in [3.8, 4) is 51.0 Å². The average Bonchev–Trinajstić information content (AvgIpc) is 3.88. The van der Waals surface area contributed by atoms with Crippen LogP contribution in [-0.4, -0.2) is 21.1 Å². The minimum atomic E-state index is 0.0121. The lowest BCUT2D eigenvalue weighted by Crippen LogP contribution is -2.15. The van der Waals surface area contributed by atoms with Crippen LogP contribution in [0.4, 0.5) is 0 Å². The van der Waals surface area contributed by atoms with Gasteiger partial charge in [0.25, 0.3) is 0 Å². The Balaban J connectivity index is 1.06. The number of rotatable bonds is 4. The zero-order chi connectivity index (χ0) is 33.5. The Bertz CT molecular complexity index is 2920. The van der Waals surface area contributed by atoms with Gasteiger partial charge in [-0.25, -0.2) is 15.0 Å². The van der Waals surface area contributed by atoms with Crippen LogP contribution in [0.2, 0.25) is 0 Å². The van der Waals surface area contributed by atoms with Gasteiger partial charge in [-0.15, -0.1) is 11.3 Å². The highest BCUT2D eigenvalue weighted by molar-refractivity contribution is 7.26. The van der Waals surface area contributed by atoms with Crippen LogP contribution in [0.5, 0.6) is 5.75 Å². The van der Waals surface area contributed by atoms with Crippen molar-refractivity contribution in [1.29, 1.82) is 0 Å².